The lowest BCUT2D eigenvalue weighted by atomic mass is 9.98. The number of carbonyl (C=O) groups excluding carboxylic acids is 3. The number of hydrogen-bond donors (Lipinski definition) is 1. The van der Waals surface area contributed by atoms with Crippen LogP contribution in [0.25, 0.3) is 10.9 Å². The number of pyridine rings is 1. The quantitative estimate of drug-likeness (QED) is 0.468. The van der Waals surface area contributed by atoms with Crippen molar-refractivity contribution >= 4 is 39.7 Å². The van der Waals surface area contributed by atoms with Gasteiger partial charge in [-0.3, -0.25) is 19.6 Å². The topological polar surface area (TPSA) is 89.0 Å². The van der Waals surface area contributed by atoms with Crippen molar-refractivity contribution in [3.63, 3.8) is 0 Å². The number of nitrogens with zero attached hydrogens (tertiary/aromatic N) is 2. The molecule has 156 valence electrons. The van der Waals surface area contributed by atoms with Gasteiger partial charge in [-0.25, -0.2) is 0 Å². The molecule has 1 atom stereocenters. The van der Waals surface area contributed by atoms with Crippen LogP contribution in [0.2, 0.25) is 0 Å². The van der Waals surface area contributed by atoms with Crippen LogP contribution in [0.5, 0.6) is 0 Å². The Balaban J connectivity index is 1.65. The van der Waals surface area contributed by atoms with E-state index in [1.54, 1.807) is 18.6 Å². The van der Waals surface area contributed by atoms with Crippen LogP contribution in [-0.4, -0.2) is 33.5 Å². The van der Waals surface area contributed by atoms with E-state index in [4.69, 9.17) is 0 Å². The molecular formula is C23H25N3O3S. The lowest BCUT2D eigenvalue weighted by molar-refractivity contribution is -0.120. The van der Waals surface area contributed by atoms with E-state index >= 15 is 0 Å². The van der Waals surface area contributed by atoms with E-state index < -0.39 is 6.04 Å². The zero-order valence-corrected chi connectivity index (χ0v) is 17.8. The molecule has 30 heavy (non-hydrogen) atoms. The summed E-state index contributed by atoms with van der Waals surface area (Å²) in [6.07, 6.45) is 6.93. The molecule has 7 heteroatoms. The Morgan fingerprint density at radius 1 is 1.10 bits per heavy atom. The number of rotatable bonds is 11. The van der Waals surface area contributed by atoms with Crippen molar-refractivity contribution in [2.45, 2.75) is 51.5 Å². The summed E-state index contributed by atoms with van der Waals surface area (Å²) < 4.78 is 0. The maximum atomic E-state index is 13.0. The number of thiazole rings is 1. The summed E-state index contributed by atoms with van der Waals surface area (Å²) in [5.41, 5.74) is 3.30. The number of para-hydroxylation sites is 1. The molecule has 0 spiro atoms. The van der Waals surface area contributed by atoms with Crippen molar-refractivity contribution in [3.8, 4) is 0 Å². The van der Waals surface area contributed by atoms with Crippen molar-refractivity contribution in [1.29, 1.82) is 0 Å². The third kappa shape index (κ3) is 6.29. The van der Waals surface area contributed by atoms with Crippen molar-refractivity contribution < 1.29 is 14.4 Å². The van der Waals surface area contributed by atoms with Crippen LogP contribution in [0.4, 0.5) is 0 Å². The van der Waals surface area contributed by atoms with E-state index in [1.165, 1.54) is 17.5 Å². The van der Waals surface area contributed by atoms with Gasteiger partial charge in [0, 0.05) is 24.4 Å². The highest BCUT2D eigenvalue weighted by atomic mass is 32.1. The molecular weight excluding hydrogens is 398 g/mol. The third-order valence-corrected chi connectivity index (χ3v) is 5.67. The number of benzene rings is 1. The smallest absolute Gasteiger partial charge is 0.263 e. The highest BCUT2D eigenvalue weighted by molar-refractivity contribution is 7.11. The predicted molar refractivity (Wildman–Crippen MR) is 118 cm³/mol. The Morgan fingerprint density at radius 2 is 1.93 bits per heavy atom. The molecule has 0 bridgehead atoms. The van der Waals surface area contributed by atoms with Gasteiger partial charge in [-0.05, 0) is 37.5 Å². The van der Waals surface area contributed by atoms with Gasteiger partial charge in [0.25, 0.3) is 5.91 Å². The van der Waals surface area contributed by atoms with Crippen molar-refractivity contribution in [1.82, 2.24) is 15.3 Å². The van der Waals surface area contributed by atoms with Gasteiger partial charge in [-0.15, -0.1) is 11.3 Å². The summed E-state index contributed by atoms with van der Waals surface area (Å²) in [5, 5.41) is 3.85. The number of carbonyl (C=O) groups is 3. The molecule has 0 unspecified atom stereocenters. The standard InChI is InChI=1S/C23H25N3O3S/c1-16(27)7-3-2-4-10-20(26-23(29)22-14-24-15-30-22)21(28)12-17-11-18-8-5-6-9-19(18)25-13-17/h5-6,8-9,11,13-15,20H,2-4,7,10,12H2,1H3,(H,26,29)/t20-/m0/s1. The van der Waals surface area contributed by atoms with Gasteiger partial charge in [-0.2, -0.15) is 0 Å². The van der Waals surface area contributed by atoms with Crippen molar-refractivity contribution in [3.05, 3.63) is 58.7 Å². The predicted octanol–water partition coefficient (Wildman–Crippen LogP) is 4.14. The van der Waals surface area contributed by atoms with Gasteiger partial charge in [0.15, 0.2) is 5.78 Å². The molecule has 0 fully saturated rings. The van der Waals surface area contributed by atoms with Gasteiger partial charge in [0.1, 0.15) is 10.7 Å². The summed E-state index contributed by atoms with van der Waals surface area (Å²) in [4.78, 5) is 45.4. The second kappa shape index (κ2) is 10.7. The Labute approximate surface area is 179 Å². The summed E-state index contributed by atoms with van der Waals surface area (Å²) in [7, 11) is 0. The highest BCUT2D eigenvalue weighted by Crippen LogP contribution is 2.16. The molecule has 6 nitrogen and oxygen atoms in total. The first kappa shape index (κ1) is 21.8. The Morgan fingerprint density at radius 3 is 2.70 bits per heavy atom. The number of amides is 1. The van der Waals surface area contributed by atoms with Gasteiger partial charge in [0.05, 0.1) is 23.3 Å². The molecule has 0 aliphatic carbocycles. The molecule has 2 heterocycles. The van der Waals surface area contributed by atoms with E-state index in [0.717, 1.165) is 35.7 Å². The average Bonchev–Trinajstić information content (AvgIpc) is 3.27. The lowest BCUT2D eigenvalue weighted by Crippen LogP contribution is -2.41. The number of nitrogens with one attached hydrogen (secondary N) is 1. The number of fused-ring (bicyclic) bond motifs is 1. The van der Waals surface area contributed by atoms with E-state index in [9.17, 15) is 14.4 Å². The van der Waals surface area contributed by atoms with Crippen LogP contribution in [-0.2, 0) is 16.0 Å². The molecule has 2 aromatic heterocycles. The van der Waals surface area contributed by atoms with Crippen LogP contribution < -0.4 is 5.32 Å². The zero-order chi connectivity index (χ0) is 21.3. The van der Waals surface area contributed by atoms with Gasteiger partial charge < -0.3 is 10.1 Å². The largest absolute Gasteiger partial charge is 0.341 e. The fourth-order valence-electron chi connectivity index (χ4n) is 3.31. The van der Waals surface area contributed by atoms with Crippen molar-refractivity contribution in [2.75, 3.05) is 0 Å². The molecule has 3 rings (SSSR count). The summed E-state index contributed by atoms with van der Waals surface area (Å²) in [6, 6.07) is 9.15. The molecule has 1 amide bonds. The molecule has 0 radical (unpaired) electrons. The minimum Gasteiger partial charge on any atom is -0.341 e. The Kier molecular flexibility index (Phi) is 7.79. The third-order valence-electron chi connectivity index (χ3n) is 4.90. The second-order valence-electron chi connectivity index (χ2n) is 7.37. The van der Waals surface area contributed by atoms with Gasteiger partial charge in [0.2, 0.25) is 0 Å². The fraction of sp³-hybridized carbons (Fsp3) is 0.348. The van der Waals surface area contributed by atoms with E-state index in [1.807, 2.05) is 30.3 Å². The number of ketones is 2. The first-order valence-electron chi connectivity index (χ1n) is 10.1. The Bertz CT molecular complexity index is 1020. The number of Topliss-reactive ketones (excluding diaryl/α,β-unsaturated/α-hetero) is 2. The molecule has 1 aromatic carbocycles. The summed E-state index contributed by atoms with van der Waals surface area (Å²) in [6.45, 7) is 1.58. The van der Waals surface area contributed by atoms with Crippen LogP contribution in [0, 0.1) is 0 Å². The Hall–Kier alpha value is -2.93. The minimum atomic E-state index is -0.580. The molecule has 0 aliphatic rings. The van der Waals surface area contributed by atoms with Gasteiger partial charge >= 0.3 is 0 Å². The van der Waals surface area contributed by atoms with Crippen molar-refractivity contribution in [2.24, 2.45) is 0 Å². The second-order valence-corrected chi connectivity index (χ2v) is 8.26. The molecule has 0 saturated carbocycles. The fourth-order valence-corrected chi connectivity index (χ4v) is 3.83. The lowest BCUT2D eigenvalue weighted by Gasteiger charge is -2.17. The van der Waals surface area contributed by atoms with Crippen LogP contribution in [0.3, 0.4) is 0 Å². The summed E-state index contributed by atoms with van der Waals surface area (Å²) >= 11 is 1.24. The molecule has 3 aromatic rings. The minimum absolute atomic E-state index is 0.0449. The SMILES string of the molecule is CC(=O)CCCCC[C@H](NC(=O)c1cncs1)C(=O)Cc1cnc2ccccc2c1. The number of hydrogen-bond acceptors (Lipinski definition) is 6. The maximum absolute atomic E-state index is 13.0. The van der Waals surface area contributed by atoms with E-state index in [-0.39, 0.29) is 23.9 Å². The zero-order valence-electron chi connectivity index (χ0n) is 17.0. The normalized spacial score (nSPS) is 11.9. The monoisotopic (exact) mass is 423 g/mol. The number of unbranched alkanes of at least 4 members (excludes halogenated alkanes) is 2. The molecule has 0 aliphatic heterocycles. The van der Waals surface area contributed by atoms with E-state index in [2.05, 4.69) is 15.3 Å². The molecule has 0 saturated heterocycles. The van der Waals surface area contributed by atoms with Crippen LogP contribution in [0.1, 0.15) is 54.3 Å². The highest BCUT2D eigenvalue weighted by Gasteiger charge is 2.22. The van der Waals surface area contributed by atoms with E-state index in [0.29, 0.717) is 17.7 Å². The molecule has 1 N–H and O–H groups in total. The van der Waals surface area contributed by atoms with Crippen LogP contribution >= 0.6 is 11.3 Å². The van der Waals surface area contributed by atoms with Crippen LogP contribution in [0.15, 0.2) is 48.2 Å². The first-order chi connectivity index (χ1) is 14.5. The average molecular weight is 424 g/mol. The van der Waals surface area contributed by atoms with Gasteiger partial charge in [-0.1, -0.05) is 31.0 Å². The first-order valence-corrected chi connectivity index (χ1v) is 11.0. The maximum Gasteiger partial charge on any atom is 0.263 e. The summed E-state index contributed by atoms with van der Waals surface area (Å²) in [5.74, 6) is -0.155. The number of aromatic nitrogens is 2.